The average molecular weight is 1450 g/mol. The Kier molecular flexibility index (Phi) is 31.3. The fraction of sp³-hybridized carbons (Fsp3) is 0.836. The van der Waals surface area contributed by atoms with Crippen LogP contribution in [0, 0.1) is 35.5 Å². The Bertz CT molecular complexity index is 2920. The summed E-state index contributed by atoms with van der Waals surface area (Å²) in [5, 5.41) is 8.71. The topological polar surface area (TPSA) is 279 Å². The zero-order valence-corrected chi connectivity index (χ0v) is 63.2. The van der Waals surface area contributed by atoms with Gasteiger partial charge in [-0.15, -0.1) is 0 Å². The SMILES string of the molecule is CCO[C@H]1C[C@H]2C(=O)NC3(CCCC3)C(=O)N(C)[C@@H](CC(C)C)C(=O)N(C)[C@H](C(=O)N3CCCCC3)CC(=O)N(C)[C@@H](CC(C)C)C(=O)N[C@@H]([C@@H](C)CC)C(=O)N(C)CC(=O)N(C)CC(=O)N(C)[C@@H](CC3CCCCC3)C(=O)N(C)CC(=O)N[C@@H](CCC3CCC(C(F)(F)F)C(F)C3)C(=O)N2C1. The molecule has 0 aromatic heterocycles. The largest absolute Gasteiger partial charge is 0.394 e. The number of rotatable bonds is 14. The van der Waals surface area contributed by atoms with Gasteiger partial charge in [0.25, 0.3) is 0 Å². The second-order valence-corrected chi connectivity index (χ2v) is 31.2. The maximum Gasteiger partial charge on any atom is 0.394 e. The molecule has 29 heteroatoms. The molecule has 3 unspecified atom stereocenters. The summed E-state index contributed by atoms with van der Waals surface area (Å²) in [6, 6.07) is -9.08. The van der Waals surface area contributed by atoms with Gasteiger partial charge < -0.3 is 64.8 Å². The molecule has 3 saturated heterocycles. The number of halogens is 4. The van der Waals surface area contributed by atoms with Crippen molar-refractivity contribution in [2.45, 2.75) is 262 Å². The summed E-state index contributed by atoms with van der Waals surface area (Å²) in [6.07, 6.45) is -1.08. The highest BCUT2D eigenvalue weighted by Gasteiger charge is 2.52. The Hall–Kier alpha value is -6.68. The Morgan fingerprint density at radius 1 is 0.588 bits per heavy atom. The number of piperidine rings is 1. The third-order valence-electron chi connectivity index (χ3n) is 22.5. The maximum atomic E-state index is 15.6. The van der Waals surface area contributed by atoms with Crippen molar-refractivity contribution in [1.82, 2.24) is 60.0 Å². The molecule has 6 fully saturated rings. The molecular weight excluding hydrogens is 1330 g/mol. The van der Waals surface area contributed by atoms with E-state index in [0.29, 0.717) is 45.2 Å². The lowest BCUT2D eigenvalue weighted by molar-refractivity contribution is -0.201. The van der Waals surface area contributed by atoms with Gasteiger partial charge >= 0.3 is 6.18 Å². The summed E-state index contributed by atoms with van der Waals surface area (Å²) in [7, 11) is 9.83. The van der Waals surface area contributed by atoms with Crippen molar-refractivity contribution >= 4 is 70.9 Å². The lowest BCUT2D eigenvalue weighted by atomic mass is 9.78. The number of ether oxygens (including phenoxy) is 1. The number of fused-ring (bicyclic) bond motifs is 1. The van der Waals surface area contributed by atoms with E-state index in [0.717, 1.165) is 53.2 Å². The minimum absolute atomic E-state index is 0.00157. The number of likely N-dealkylation sites (N-methyl/N-ethyl adjacent to an activating group) is 7. The van der Waals surface area contributed by atoms with Crippen LogP contribution in [0.4, 0.5) is 17.6 Å². The first-order valence-corrected chi connectivity index (χ1v) is 37.6. The van der Waals surface area contributed by atoms with Gasteiger partial charge in [0.15, 0.2) is 0 Å². The van der Waals surface area contributed by atoms with Crippen molar-refractivity contribution in [1.29, 1.82) is 0 Å². The van der Waals surface area contributed by atoms with Crippen molar-refractivity contribution in [3.63, 3.8) is 0 Å². The molecule has 3 heterocycles. The Morgan fingerprint density at radius 2 is 1.18 bits per heavy atom. The number of nitrogens with one attached hydrogen (secondary N) is 3. The second kappa shape index (κ2) is 37.8. The monoisotopic (exact) mass is 1450 g/mol. The van der Waals surface area contributed by atoms with E-state index in [-0.39, 0.29) is 88.7 Å². The van der Waals surface area contributed by atoms with E-state index < -0.39 is 194 Å². The predicted molar refractivity (Wildman–Crippen MR) is 373 cm³/mol. The van der Waals surface area contributed by atoms with Gasteiger partial charge in [-0.1, -0.05) is 92.9 Å². The van der Waals surface area contributed by atoms with Gasteiger partial charge in [-0.05, 0) is 120 Å². The number of carbonyl (C=O) groups excluding carboxylic acids is 12. The summed E-state index contributed by atoms with van der Waals surface area (Å²) in [4.78, 5) is 191. The zero-order chi connectivity index (χ0) is 75.8. The lowest BCUT2D eigenvalue weighted by Crippen LogP contribution is -2.64. The molecule has 6 rings (SSSR count). The standard InChI is InChI=1S/C73H120F4N12O13/c1-15-47(7)63-70(100)83(10)43-61(92)81(8)44-62(93)85(12)57(38-48-25-19-17-20-26-48)67(97)82(9)42-59(90)78-53(30-28-49-27-29-51(52(74)37-49)73(75,76)77)66(96)89-41-50(102-16-2)39-55(89)65(95)80-72(31-21-22-32-72)71(101)87(14)56(36-46(5)6)68(98)86(13)58(69(99)88-33-23-18-24-34-88)40-60(91)84(11)54(35-45(3)4)64(94)79-63/h45-58,63H,15-44H2,1-14H3,(H,78,90)(H,79,94)(H,80,95)/t47-,49?,50-,51?,52?,53-,54-,55-,56-,57-,58-,63-/m0/s1. The molecule has 1 spiro atoms. The van der Waals surface area contributed by atoms with Crippen molar-refractivity contribution in [3.05, 3.63) is 0 Å². The number of alkyl halides is 4. The zero-order valence-electron chi connectivity index (χ0n) is 63.2. The van der Waals surface area contributed by atoms with Crippen molar-refractivity contribution in [3.8, 4) is 0 Å². The molecule has 3 N–H and O–H groups in total. The third-order valence-corrected chi connectivity index (χ3v) is 22.5. The minimum Gasteiger partial charge on any atom is -0.377 e. The first-order chi connectivity index (χ1) is 47.9. The highest BCUT2D eigenvalue weighted by molar-refractivity contribution is 6.00. The highest BCUT2D eigenvalue weighted by atomic mass is 19.4. The van der Waals surface area contributed by atoms with Gasteiger partial charge in [-0.25, -0.2) is 4.39 Å². The summed E-state index contributed by atoms with van der Waals surface area (Å²) >= 11 is 0. The molecule has 12 atom stereocenters. The average Bonchev–Trinajstić information content (AvgIpc) is 1.48. The second-order valence-electron chi connectivity index (χ2n) is 31.2. The predicted octanol–water partition coefficient (Wildman–Crippen LogP) is 5.70. The molecule has 3 aliphatic heterocycles. The molecule has 0 aromatic rings. The summed E-state index contributed by atoms with van der Waals surface area (Å²) in [5.74, 6) is -11.8. The molecule has 0 bridgehead atoms. The first kappa shape index (κ1) is 84.3. The highest BCUT2D eigenvalue weighted by Crippen LogP contribution is 2.43. The van der Waals surface area contributed by atoms with E-state index in [9.17, 15) is 41.9 Å². The van der Waals surface area contributed by atoms with Crippen molar-refractivity contribution in [2.75, 3.05) is 95.2 Å². The van der Waals surface area contributed by atoms with Crippen molar-refractivity contribution < 1.29 is 79.8 Å². The molecule has 0 radical (unpaired) electrons. The number of nitrogens with zero attached hydrogens (tertiary/aromatic N) is 9. The maximum absolute atomic E-state index is 15.6. The van der Waals surface area contributed by atoms with Crippen LogP contribution in [0.25, 0.3) is 0 Å². The number of carbonyl (C=O) groups is 12. The van der Waals surface area contributed by atoms with Crippen LogP contribution >= 0.6 is 0 Å². The van der Waals surface area contributed by atoms with E-state index in [4.69, 9.17) is 4.74 Å². The Labute approximate surface area is 601 Å². The van der Waals surface area contributed by atoms with Gasteiger partial charge in [0, 0.05) is 82.0 Å². The van der Waals surface area contributed by atoms with E-state index in [1.54, 1.807) is 18.7 Å². The van der Waals surface area contributed by atoms with Crippen LogP contribution < -0.4 is 16.0 Å². The molecule has 578 valence electrons. The van der Waals surface area contributed by atoms with Crippen LogP contribution in [0.3, 0.4) is 0 Å². The van der Waals surface area contributed by atoms with Crippen LogP contribution in [0.5, 0.6) is 0 Å². The number of hydrogen-bond donors (Lipinski definition) is 3. The molecule has 25 nitrogen and oxygen atoms in total. The van der Waals surface area contributed by atoms with Gasteiger partial charge in [0.05, 0.1) is 38.1 Å². The molecule has 3 saturated carbocycles. The number of amides is 12. The van der Waals surface area contributed by atoms with Crippen molar-refractivity contribution in [2.24, 2.45) is 35.5 Å². The molecular formula is C73H120F4N12O13. The van der Waals surface area contributed by atoms with E-state index in [1.807, 2.05) is 34.6 Å². The van der Waals surface area contributed by atoms with E-state index in [1.165, 1.54) is 73.8 Å². The summed E-state index contributed by atoms with van der Waals surface area (Å²) < 4.78 is 63.2. The molecule has 12 amide bonds. The van der Waals surface area contributed by atoms with Gasteiger partial charge in [-0.2, -0.15) is 13.2 Å². The minimum atomic E-state index is -4.77. The summed E-state index contributed by atoms with van der Waals surface area (Å²) in [5.41, 5.74) is -1.64. The van der Waals surface area contributed by atoms with E-state index >= 15 is 33.2 Å². The van der Waals surface area contributed by atoms with Crippen LogP contribution in [0.1, 0.15) is 196 Å². The summed E-state index contributed by atoms with van der Waals surface area (Å²) in [6.45, 7) is 11.7. The Balaban J connectivity index is 1.44. The molecule has 6 aliphatic rings. The van der Waals surface area contributed by atoms with E-state index in [2.05, 4.69) is 16.0 Å². The normalized spacial score (nSPS) is 29.5. The Morgan fingerprint density at radius 3 is 1.76 bits per heavy atom. The van der Waals surface area contributed by atoms with Gasteiger partial charge in [0.2, 0.25) is 70.9 Å². The lowest BCUT2D eigenvalue weighted by Gasteiger charge is -2.41. The number of likely N-dealkylation sites (tertiary alicyclic amines) is 1. The van der Waals surface area contributed by atoms with Crippen LogP contribution in [0.2, 0.25) is 0 Å². The fourth-order valence-electron chi connectivity index (χ4n) is 15.9. The van der Waals surface area contributed by atoms with Gasteiger partial charge in [-0.3, -0.25) is 57.5 Å². The quantitative estimate of drug-likeness (QED) is 0.176. The van der Waals surface area contributed by atoms with Crippen LogP contribution in [-0.4, -0.2) is 276 Å². The molecule has 3 aliphatic carbocycles. The molecule has 0 aromatic carbocycles. The first-order valence-electron chi connectivity index (χ1n) is 37.6. The fourth-order valence-corrected chi connectivity index (χ4v) is 15.9. The van der Waals surface area contributed by atoms with Crippen LogP contribution in [-0.2, 0) is 62.3 Å². The third kappa shape index (κ3) is 22.0. The van der Waals surface area contributed by atoms with Gasteiger partial charge in [0.1, 0.15) is 54.0 Å². The van der Waals surface area contributed by atoms with Crippen LogP contribution in [0.15, 0.2) is 0 Å². The number of hydrogen-bond acceptors (Lipinski definition) is 13. The molecule has 102 heavy (non-hydrogen) atoms. The smallest absolute Gasteiger partial charge is 0.377 e.